The van der Waals surface area contributed by atoms with E-state index < -0.39 is 5.60 Å². The molecule has 0 heterocycles. The Kier molecular flexibility index (Phi) is 5.64. The zero-order valence-electron chi connectivity index (χ0n) is 9.97. The van der Waals surface area contributed by atoms with Crippen LogP contribution in [0.1, 0.15) is 47.0 Å². The molecule has 0 spiro atoms. The second-order valence-electron chi connectivity index (χ2n) is 4.68. The molecule has 0 radical (unpaired) electrons. The molecule has 0 amide bonds. The summed E-state index contributed by atoms with van der Waals surface area (Å²) >= 11 is 0. The third kappa shape index (κ3) is 6.35. The van der Waals surface area contributed by atoms with Gasteiger partial charge in [0.2, 0.25) is 0 Å². The zero-order valence-corrected chi connectivity index (χ0v) is 9.97. The topological polar surface area (TPSA) is 55.5 Å². The molecule has 0 saturated heterocycles. The molecular formula is C11H25NO2. The van der Waals surface area contributed by atoms with Gasteiger partial charge < -0.3 is 15.6 Å². The molecular weight excluding hydrogens is 178 g/mol. The minimum atomic E-state index is -0.643. The first-order valence-electron chi connectivity index (χ1n) is 5.42. The van der Waals surface area contributed by atoms with E-state index in [1.807, 2.05) is 0 Å². The van der Waals surface area contributed by atoms with Gasteiger partial charge >= 0.3 is 0 Å². The normalized spacial score (nSPS) is 13.3. The summed E-state index contributed by atoms with van der Waals surface area (Å²) in [6, 6.07) is 0. The van der Waals surface area contributed by atoms with Crippen LogP contribution in [0, 0.1) is 0 Å². The van der Waals surface area contributed by atoms with E-state index in [4.69, 9.17) is 10.5 Å². The van der Waals surface area contributed by atoms with Crippen molar-refractivity contribution in [2.45, 2.75) is 58.1 Å². The van der Waals surface area contributed by atoms with E-state index in [0.29, 0.717) is 19.6 Å². The van der Waals surface area contributed by atoms with E-state index >= 15 is 0 Å². The van der Waals surface area contributed by atoms with Crippen molar-refractivity contribution in [2.24, 2.45) is 5.73 Å². The summed E-state index contributed by atoms with van der Waals surface area (Å²) in [7, 11) is 0. The molecule has 0 aliphatic carbocycles. The van der Waals surface area contributed by atoms with Crippen LogP contribution in [0.4, 0.5) is 0 Å². The maximum Gasteiger partial charge on any atom is 0.0645 e. The fourth-order valence-electron chi connectivity index (χ4n) is 1.05. The average Bonchev–Trinajstić information content (AvgIpc) is 2.11. The van der Waals surface area contributed by atoms with Crippen LogP contribution < -0.4 is 5.73 Å². The van der Waals surface area contributed by atoms with Crippen molar-refractivity contribution in [3.63, 3.8) is 0 Å². The summed E-state index contributed by atoms with van der Waals surface area (Å²) in [4.78, 5) is 0. The maximum atomic E-state index is 9.45. The Morgan fingerprint density at radius 1 is 1.21 bits per heavy atom. The highest BCUT2D eigenvalue weighted by Crippen LogP contribution is 2.13. The van der Waals surface area contributed by atoms with Crippen molar-refractivity contribution in [2.75, 3.05) is 13.2 Å². The predicted molar refractivity (Wildman–Crippen MR) is 59.2 cm³/mol. The number of rotatable bonds is 7. The molecule has 0 aliphatic heterocycles. The van der Waals surface area contributed by atoms with Gasteiger partial charge in [-0.3, -0.25) is 0 Å². The smallest absolute Gasteiger partial charge is 0.0645 e. The molecule has 0 unspecified atom stereocenters. The highest BCUT2D eigenvalue weighted by atomic mass is 16.5. The van der Waals surface area contributed by atoms with Crippen molar-refractivity contribution in [1.29, 1.82) is 0 Å². The number of hydrogen-bond acceptors (Lipinski definition) is 3. The third-order valence-electron chi connectivity index (χ3n) is 2.66. The van der Waals surface area contributed by atoms with E-state index in [2.05, 4.69) is 13.8 Å². The number of aliphatic hydroxyl groups is 1. The van der Waals surface area contributed by atoms with Gasteiger partial charge in [0, 0.05) is 12.1 Å². The SMILES string of the molecule is CCC(N)(CC)COCCC(C)(C)O. The second kappa shape index (κ2) is 5.69. The van der Waals surface area contributed by atoms with Crippen LogP contribution in [-0.4, -0.2) is 29.5 Å². The van der Waals surface area contributed by atoms with Gasteiger partial charge in [0.25, 0.3) is 0 Å². The van der Waals surface area contributed by atoms with Crippen molar-refractivity contribution in [1.82, 2.24) is 0 Å². The van der Waals surface area contributed by atoms with E-state index in [1.165, 1.54) is 0 Å². The van der Waals surface area contributed by atoms with Gasteiger partial charge in [-0.05, 0) is 33.1 Å². The van der Waals surface area contributed by atoms with Gasteiger partial charge in [-0.1, -0.05) is 13.8 Å². The molecule has 3 heteroatoms. The largest absolute Gasteiger partial charge is 0.390 e. The Labute approximate surface area is 87.6 Å². The van der Waals surface area contributed by atoms with Crippen LogP contribution in [0.25, 0.3) is 0 Å². The first-order chi connectivity index (χ1) is 6.33. The second-order valence-corrected chi connectivity index (χ2v) is 4.68. The lowest BCUT2D eigenvalue weighted by Gasteiger charge is -2.27. The van der Waals surface area contributed by atoms with Crippen LogP contribution in [0.2, 0.25) is 0 Å². The van der Waals surface area contributed by atoms with Gasteiger partial charge in [-0.25, -0.2) is 0 Å². The molecule has 0 aromatic rings. The molecule has 3 nitrogen and oxygen atoms in total. The lowest BCUT2D eigenvalue weighted by Crippen LogP contribution is -2.43. The van der Waals surface area contributed by atoms with Crippen molar-refractivity contribution in [3.05, 3.63) is 0 Å². The quantitative estimate of drug-likeness (QED) is 0.619. The van der Waals surface area contributed by atoms with Crippen LogP contribution in [0.3, 0.4) is 0 Å². The lowest BCUT2D eigenvalue weighted by atomic mass is 9.95. The van der Waals surface area contributed by atoms with E-state index in [-0.39, 0.29) is 5.54 Å². The molecule has 3 N–H and O–H groups in total. The molecule has 0 fully saturated rings. The minimum absolute atomic E-state index is 0.195. The standard InChI is InChI=1S/C11H25NO2/c1-5-11(12,6-2)9-14-8-7-10(3,4)13/h13H,5-9,12H2,1-4H3. The summed E-state index contributed by atoms with van der Waals surface area (Å²) in [5.41, 5.74) is 5.22. The summed E-state index contributed by atoms with van der Waals surface area (Å²) in [5, 5.41) is 9.45. The van der Waals surface area contributed by atoms with Gasteiger partial charge in [0.15, 0.2) is 0 Å². The van der Waals surface area contributed by atoms with Gasteiger partial charge in [0.1, 0.15) is 0 Å². The molecule has 0 aliphatic rings. The summed E-state index contributed by atoms with van der Waals surface area (Å²) in [5.74, 6) is 0. The predicted octanol–water partition coefficient (Wildman–Crippen LogP) is 1.68. The van der Waals surface area contributed by atoms with Crippen molar-refractivity contribution < 1.29 is 9.84 Å². The Hall–Kier alpha value is -0.120. The third-order valence-corrected chi connectivity index (χ3v) is 2.66. The lowest BCUT2D eigenvalue weighted by molar-refractivity contribution is 0.0141. The summed E-state index contributed by atoms with van der Waals surface area (Å²) in [6.07, 6.45) is 2.49. The summed E-state index contributed by atoms with van der Waals surface area (Å²) < 4.78 is 5.47. The van der Waals surface area contributed by atoms with E-state index in [0.717, 1.165) is 12.8 Å². The monoisotopic (exact) mass is 203 g/mol. The highest BCUT2D eigenvalue weighted by molar-refractivity contribution is 4.80. The number of hydrogen-bond donors (Lipinski definition) is 2. The molecule has 0 saturated carbocycles. The molecule has 0 bridgehead atoms. The molecule has 86 valence electrons. The highest BCUT2D eigenvalue weighted by Gasteiger charge is 2.20. The molecule has 14 heavy (non-hydrogen) atoms. The maximum absolute atomic E-state index is 9.45. The van der Waals surface area contributed by atoms with E-state index in [1.54, 1.807) is 13.8 Å². The van der Waals surface area contributed by atoms with Gasteiger partial charge in [0.05, 0.1) is 12.2 Å². The van der Waals surface area contributed by atoms with Crippen molar-refractivity contribution in [3.8, 4) is 0 Å². The van der Waals surface area contributed by atoms with E-state index in [9.17, 15) is 5.11 Å². The fraction of sp³-hybridized carbons (Fsp3) is 1.00. The Morgan fingerprint density at radius 3 is 2.07 bits per heavy atom. The number of nitrogens with two attached hydrogens (primary N) is 1. The van der Waals surface area contributed by atoms with Crippen LogP contribution >= 0.6 is 0 Å². The first kappa shape index (κ1) is 13.9. The fourth-order valence-corrected chi connectivity index (χ4v) is 1.05. The summed E-state index contributed by atoms with van der Waals surface area (Å²) in [6.45, 7) is 8.86. The Morgan fingerprint density at radius 2 is 1.71 bits per heavy atom. The van der Waals surface area contributed by atoms with Crippen LogP contribution in [-0.2, 0) is 4.74 Å². The molecule has 0 aromatic carbocycles. The Balaban J connectivity index is 3.63. The number of ether oxygens (including phenoxy) is 1. The molecule has 0 atom stereocenters. The van der Waals surface area contributed by atoms with Crippen LogP contribution in [0.5, 0.6) is 0 Å². The minimum Gasteiger partial charge on any atom is -0.390 e. The molecule has 0 aromatic heterocycles. The van der Waals surface area contributed by atoms with Crippen LogP contribution in [0.15, 0.2) is 0 Å². The Bertz CT molecular complexity index is 148. The zero-order chi connectivity index (χ0) is 11.2. The first-order valence-corrected chi connectivity index (χ1v) is 5.42. The molecule has 0 rings (SSSR count). The van der Waals surface area contributed by atoms with Gasteiger partial charge in [-0.15, -0.1) is 0 Å². The average molecular weight is 203 g/mol. The van der Waals surface area contributed by atoms with Crippen molar-refractivity contribution >= 4 is 0 Å². The van der Waals surface area contributed by atoms with Gasteiger partial charge in [-0.2, -0.15) is 0 Å².